The maximum atomic E-state index is 13.1. The Morgan fingerprint density at radius 1 is 1.33 bits per heavy atom. The molecule has 1 heterocycles. The summed E-state index contributed by atoms with van der Waals surface area (Å²) in [7, 11) is 0. The molecule has 5 heteroatoms. The summed E-state index contributed by atoms with van der Waals surface area (Å²) >= 11 is 5.71. The molecule has 0 aliphatic carbocycles. The van der Waals surface area contributed by atoms with Gasteiger partial charge in [0.1, 0.15) is 16.8 Å². The molecular formula is C13H10ClFN2O. The van der Waals surface area contributed by atoms with Crippen LogP contribution < -0.4 is 5.32 Å². The van der Waals surface area contributed by atoms with Crippen LogP contribution in [0.2, 0.25) is 5.15 Å². The lowest BCUT2D eigenvalue weighted by molar-refractivity contribution is 0.102. The van der Waals surface area contributed by atoms with Gasteiger partial charge in [0.25, 0.3) is 5.91 Å². The fraction of sp³-hybridized carbons (Fsp3) is 0.0769. The number of pyridine rings is 1. The Kier molecular flexibility index (Phi) is 3.58. The largest absolute Gasteiger partial charge is 0.307 e. The van der Waals surface area contributed by atoms with Crippen molar-refractivity contribution in [3.05, 3.63) is 58.5 Å². The van der Waals surface area contributed by atoms with Crippen LogP contribution in [0.1, 0.15) is 15.9 Å². The van der Waals surface area contributed by atoms with Crippen molar-refractivity contribution in [2.75, 3.05) is 5.32 Å². The number of anilines is 1. The van der Waals surface area contributed by atoms with E-state index >= 15 is 0 Å². The lowest BCUT2D eigenvalue weighted by Crippen LogP contribution is -2.13. The number of rotatable bonds is 2. The summed E-state index contributed by atoms with van der Waals surface area (Å²) in [5.74, 6) is -0.338. The number of amides is 1. The van der Waals surface area contributed by atoms with Gasteiger partial charge in [-0.3, -0.25) is 4.79 Å². The molecule has 1 aromatic heterocycles. The number of nitrogens with one attached hydrogen (secondary N) is 1. The van der Waals surface area contributed by atoms with Crippen LogP contribution in [0.5, 0.6) is 0 Å². The molecule has 3 nitrogen and oxygen atoms in total. The first-order valence-corrected chi connectivity index (χ1v) is 5.64. The maximum Gasteiger partial charge on any atom is 0.256 e. The lowest BCUT2D eigenvalue weighted by Gasteiger charge is -2.05. The lowest BCUT2D eigenvalue weighted by atomic mass is 10.1. The minimum Gasteiger partial charge on any atom is -0.307 e. The zero-order chi connectivity index (χ0) is 13.1. The zero-order valence-electron chi connectivity index (χ0n) is 9.58. The van der Waals surface area contributed by atoms with E-state index in [9.17, 15) is 9.18 Å². The highest BCUT2D eigenvalue weighted by Gasteiger charge is 2.08. The Morgan fingerprint density at radius 3 is 2.78 bits per heavy atom. The highest BCUT2D eigenvalue weighted by atomic mass is 35.5. The predicted molar refractivity (Wildman–Crippen MR) is 68.3 cm³/mol. The van der Waals surface area contributed by atoms with Crippen LogP contribution in [0.25, 0.3) is 0 Å². The Labute approximate surface area is 109 Å². The number of carbonyl (C=O) groups excluding carboxylic acids is 1. The molecule has 0 aliphatic rings. The Bertz CT molecular complexity index is 601. The second-order valence-corrected chi connectivity index (χ2v) is 4.15. The first kappa shape index (κ1) is 12.5. The van der Waals surface area contributed by atoms with Crippen LogP contribution >= 0.6 is 11.6 Å². The molecule has 0 radical (unpaired) electrons. The highest BCUT2D eigenvalue weighted by Crippen LogP contribution is 2.13. The van der Waals surface area contributed by atoms with Gasteiger partial charge in [-0.15, -0.1) is 0 Å². The smallest absolute Gasteiger partial charge is 0.256 e. The van der Waals surface area contributed by atoms with Gasteiger partial charge in [0.15, 0.2) is 0 Å². The SMILES string of the molecule is Cc1cc(C(=O)Nc2cccc(Cl)n2)ccc1F. The summed E-state index contributed by atoms with van der Waals surface area (Å²) < 4.78 is 13.1. The van der Waals surface area contributed by atoms with Gasteiger partial charge in [-0.1, -0.05) is 17.7 Å². The van der Waals surface area contributed by atoms with E-state index in [2.05, 4.69) is 10.3 Å². The predicted octanol–water partition coefficient (Wildman–Crippen LogP) is 3.43. The normalized spacial score (nSPS) is 10.2. The molecule has 2 rings (SSSR count). The van der Waals surface area contributed by atoms with Crippen molar-refractivity contribution in [1.29, 1.82) is 0 Å². The molecule has 0 spiro atoms. The van der Waals surface area contributed by atoms with Gasteiger partial charge < -0.3 is 5.32 Å². The van der Waals surface area contributed by atoms with E-state index in [0.717, 1.165) is 0 Å². The summed E-state index contributed by atoms with van der Waals surface area (Å²) in [5.41, 5.74) is 0.789. The number of benzene rings is 1. The fourth-order valence-electron chi connectivity index (χ4n) is 1.45. The van der Waals surface area contributed by atoms with Crippen molar-refractivity contribution in [2.45, 2.75) is 6.92 Å². The summed E-state index contributed by atoms with van der Waals surface area (Å²) in [6.45, 7) is 1.60. The molecule has 0 saturated carbocycles. The van der Waals surface area contributed by atoms with Crippen LogP contribution in [-0.2, 0) is 0 Å². The number of hydrogen-bond donors (Lipinski definition) is 1. The second-order valence-electron chi connectivity index (χ2n) is 3.76. The molecule has 1 aromatic carbocycles. The number of hydrogen-bond acceptors (Lipinski definition) is 2. The molecule has 0 bridgehead atoms. The highest BCUT2D eigenvalue weighted by molar-refractivity contribution is 6.29. The molecule has 92 valence electrons. The Morgan fingerprint density at radius 2 is 2.11 bits per heavy atom. The van der Waals surface area contributed by atoms with Crippen molar-refractivity contribution in [2.24, 2.45) is 0 Å². The van der Waals surface area contributed by atoms with E-state index in [-0.39, 0.29) is 11.7 Å². The van der Waals surface area contributed by atoms with Crippen molar-refractivity contribution in [1.82, 2.24) is 4.98 Å². The van der Waals surface area contributed by atoms with E-state index in [1.54, 1.807) is 25.1 Å². The number of carbonyl (C=O) groups is 1. The monoisotopic (exact) mass is 264 g/mol. The van der Waals surface area contributed by atoms with Crippen LogP contribution in [0.15, 0.2) is 36.4 Å². The van der Waals surface area contributed by atoms with Crippen LogP contribution in [0, 0.1) is 12.7 Å². The minimum atomic E-state index is -0.354. The van der Waals surface area contributed by atoms with Crippen molar-refractivity contribution in [3.8, 4) is 0 Å². The number of halogens is 2. The molecule has 18 heavy (non-hydrogen) atoms. The van der Waals surface area contributed by atoms with Crippen LogP contribution in [0.3, 0.4) is 0 Å². The molecule has 0 unspecified atom stereocenters. The molecule has 0 fully saturated rings. The van der Waals surface area contributed by atoms with Gasteiger partial charge in [-0.25, -0.2) is 9.37 Å². The second kappa shape index (κ2) is 5.14. The summed E-state index contributed by atoms with van der Waals surface area (Å²) in [5, 5.41) is 2.88. The first-order chi connectivity index (χ1) is 8.56. The Hall–Kier alpha value is -1.94. The van der Waals surface area contributed by atoms with Gasteiger partial charge >= 0.3 is 0 Å². The average Bonchev–Trinajstić information content (AvgIpc) is 2.32. The average molecular weight is 265 g/mol. The molecule has 0 atom stereocenters. The van der Waals surface area contributed by atoms with Crippen LogP contribution in [-0.4, -0.2) is 10.9 Å². The van der Waals surface area contributed by atoms with Gasteiger partial charge in [0, 0.05) is 5.56 Å². The fourth-order valence-corrected chi connectivity index (χ4v) is 1.62. The van der Waals surface area contributed by atoms with Gasteiger partial charge in [-0.05, 0) is 42.8 Å². The third kappa shape index (κ3) is 2.84. The molecular weight excluding hydrogens is 255 g/mol. The van der Waals surface area contributed by atoms with Crippen molar-refractivity contribution < 1.29 is 9.18 Å². The molecule has 0 aliphatic heterocycles. The summed E-state index contributed by atoms with van der Waals surface area (Å²) in [6.07, 6.45) is 0. The third-order valence-electron chi connectivity index (χ3n) is 2.38. The zero-order valence-corrected chi connectivity index (χ0v) is 10.3. The standard InChI is InChI=1S/C13H10ClFN2O/c1-8-7-9(5-6-10(8)15)13(18)17-12-4-2-3-11(14)16-12/h2-7H,1H3,(H,16,17,18). The minimum absolute atomic E-state index is 0.295. The Balaban J connectivity index is 2.19. The molecule has 1 amide bonds. The summed E-state index contributed by atoms with van der Waals surface area (Å²) in [6, 6.07) is 9.08. The van der Waals surface area contributed by atoms with E-state index < -0.39 is 0 Å². The number of aryl methyl sites for hydroxylation is 1. The van der Waals surface area contributed by atoms with Crippen molar-refractivity contribution in [3.63, 3.8) is 0 Å². The first-order valence-electron chi connectivity index (χ1n) is 5.26. The van der Waals surface area contributed by atoms with E-state index in [1.807, 2.05) is 0 Å². The third-order valence-corrected chi connectivity index (χ3v) is 2.59. The van der Waals surface area contributed by atoms with E-state index in [4.69, 9.17) is 11.6 Å². The topological polar surface area (TPSA) is 42.0 Å². The van der Waals surface area contributed by atoms with Crippen LogP contribution in [0.4, 0.5) is 10.2 Å². The molecule has 0 saturated heterocycles. The maximum absolute atomic E-state index is 13.1. The molecule has 1 N–H and O–H groups in total. The number of nitrogens with zero attached hydrogens (tertiary/aromatic N) is 1. The quantitative estimate of drug-likeness (QED) is 0.845. The van der Waals surface area contributed by atoms with Gasteiger partial charge in [-0.2, -0.15) is 0 Å². The van der Waals surface area contributed by atoms with E-state index in [0.29, 0.717) is 22.1 Å². The number of aromatic nitrogens is 1. The van der Waals surface area contributed by atoms with E-state index in [1.165, 1.54) is 18.2 Å². The van der Waals surface area contributed by atoms with Gasteiger partial charge in [0.05, 0.1) is 0 Å². The molecule has 2 aromatic rings. The van der Waals surface area contributed by atoms with Crippen molar-refractivity contribution >= 4 is 23.3 Å². The van der Waals surface area contributed by atoms with Gasteiger partial charge in [0.2, 0.25) is 0 Å². The summed E-state index contributed by atoms with van der Waals surface area (Å²) in [4.78, 5) is 15.8.